The summed E-state index contributed by atoms with van der Waals surface area (Å²) in [6.45, 7) is 2.07. The predicted molar refractivity (Wildman–Crippen MR) is 85.7 cm³/mol. The van der Waals surface area contributed by atoms with E-state index in [-0.39, 0.29) is 10.8 Å². The Labute approximate surface area is 134 Å². The quantitative estimate of drug-likeness (QED) is 0.855. The molecule has 0 heterocycles. The van der Waals surface area contributed by atoms with E-state index in [9.17, 15) is 9.50 Å². The molecule has 2 aromatic carbocycles. The summed E-state index contributed by atoms with van der Waals surface area (Å²) >= 11 is 6.02. The van der Waals surface area contributed by atoms with Gasteiger partial charge in [0, 0.05) is 6.42 Å². The zero-order chi connectivity index (χ0) is 16.1. The van der Waals surface area contributed by atoms with E-state index < -0.39 is 18.0 Å². The third kappa shape index (κ3) is 3.97. The van der Waals surface area contributed by atoms with Crippen molar-refractivity contribution in [3.05, 3.63) is 64.4 Å². The first-order chi connectivity index (χ1) is 10.5. The fourth-order valence-electron chi connectivity index (χ4n) is 2.26. The molecule has 2 rings (SSSR count). The van der Waals surface area contributed by atoms with Crippen LogP contribution < -0.4 is 10.5 Å². The molecule has 118 valence electrons. The number of halogens is 2. The van der Waals surface area contributed by atoms with Gasteiger partial charge in [0.2, 0.25) is 0 Å². The lowest BCUT2D eigenvalue weighted by Gasteiger charge is -2.20. The van der Waals surface area contributed by atoms with Gasteiger partial charge in [-0.25, -0.2) is 4.39 Å². The van der Waals surface area contributed by atoms with Gasteiger partial charge in [0.15, 0.2) is 11.6 Å². The van der Waals surface area contributed by atoms with Gasteiger partial charge in [-0.15, -0.1) is 0 Å². The van der Waals surface area contributed by atoms with Crippen molar-refractivity contribution >= 4 is 11.6 Å². The summed E-state index contributed by atoms with van der Waals surface area (Å²) in [4.78, 5) is 0. The maximum atomic E-state index is 14.0. The average Bonchev–Trinajstić information content (AvgIpc) is 2.51. The topological polar surface area (TPSA) is 55.5 Å². The summed E-state index contributed by atoms with van der Waals surface area (Å²) < 4.78 is 19.1. The van der Waals surface area contributed by atoms with E-state index >= 15 is 0 Å². The van der Waals surface area contributed by atoms with E-state index in [1.807, 2.05) is 30.3 Å². The monoisotopic (exact) mass is 323 g/mol. The van der Waals surface area contributed by atoms with Gasteiger partial charge in [0.25, 0.3) is 0 Å². The maximum Gasteiger partial charge on any atom is 0.173 e. The highest BCUT2D eigenvalue weighted by atomic mass is 35.5. The van der Waals surface area contributed by atoms with Crippen molar-refractivity contribution in [3.8, 4) is 5.75 Å². The molecule has 0 aliphatic rings. The summed E-state index contributed by atoms with van der Waals surface area (Å²) in [6.07, 6.45) is -0.454. The molecule has 3 N–H and O–H groups in total. The summed E-state index contributed by atoms with van der Waals surface area (Å²) in [5, 5.41) is 10.4. The van der Waals surface area contributed by atoms with E-state index in [4.69, 9.17) is 22.1 Å². The molecular weight excluding hydrogens is 305 g/mol. The zero-order valence-corrected chi connectivity index (χ0v) is 13.1. The van der Waals surface area contributed by atoms with Gasteiger partial charge < -0.3 is 15.6 Å². The van der Waals surface area contributed by atoms with Crippen LogP contribution >= 0.6 is 11.6 Å². The second-order valence-electron chi connectivity index (χ2n) is 5.03. The van der Waals surface area contributed by atoms with Crippen LogP contribution in [-0.2, 0) is 6.42 Å². The highest BCUT2D eigenvalue weighted by Crippen LogP contribution is 2.32. The van der Waals surface area contributed by atoms with Crippen LogP contribution in [0.15, 0.2) is 42.5 Å². The predicted octanol–water partition coefficient (Wildman–Crippen LogP) is 3.48. The lowest BCUT2D eigenvalue weighted by Crippen LogP contribution is -2.28. The van der Waals surface area contributed by atoms with Gasteiger partial charge in [-0.05, 0) is 30.2 Å². The van der Waals surface area contributed by atoms with Gasteiger partial charge in [0.05, 0.1) is 23.8 Å². The van der Waals surface area contributed by atoms with E-state index in [0.717, 1.165) is 5.56 Å². The summed E-state index contributed by atoms with van der Waals surface area (Å²) in [6, 6.07) is 11.6. The summed E-state index contributed by atoms with van der Waals surface area (Å²) in [5.41, 5.74) is 7.43. The molecular formula is C17H19ClFNO2. The van der Waals surface area contributed by atoms with Crippen molar-refractivity contribution in [2.75, 3.05) is 6.61 Å². The number of rotatable bonds is 6. The Hall–Kier alpha value is -1.62. The Balaban J connectivity index is 2.16. The van der Waals surface area contributed by atoms with Crippen LogP contribution in [0.5, 0.6) is 5.75 Å². The van der Waals surface area contributed by atoms with Crippen LogP contribution in [0.3, 0.4) is 0 Å². The van der Waals surface area contributed by atoms with Gasteiger partial charge in [-0.2, -0.15) is 0 Å². The molecule has 0 radical (unpaired) electrons. The Bertz CT molecular complexity index is 598. The molecule has 2 atom stereocenters. The van der Waals surface area contributed by atoms with Crippen molar-refractivity contribution < 1.29 is 14.2 Å². The number of hydrogen-bond donors (Lipinski definition) is 2. The zero-order valence-electron chi connectivity index (χ0n) is 12.3. The SMILES string of the molecule is CCOc1c(F)cc([C@H](N)[C@H](O)Cc2ccccc2)cc1Cl. The molecule has 0 fully saturated rings. The first-order valence-electron chi connectivity index (χ1n) is 7.12. The molecule has 0 aromatic heterocycles. The van der Waals surface area contributed by atoms with Crippen molar-refractivity contribution in [1.82, 2.24) is 0 Å². The second kappa shape index (κ2) is 7.58. The number of aliphatic hydroxyl groups is 1. The first-order valence-corrected chi connectivity index (χ1v) is 7.50. The van der Waals surface area contributed by atoms with Crippen LogP contribution in [0.2, 0.25) is 5.02 Å². The Morgan fingerprint density at radius 3 is 2.55 bits per heavy atom. The molecule has 0 amide bonds. The van der Waals surface area contributed by atoms with Gasteiger partial charge in [-0.3, -0.25) is 0 Å². The minimum atomic E-state index is -0.837. The Kier molecular flexibility index (Phi) is 5.77. The number of benzene rings is 2. The van der Waals surface area contributed by atoms with E-state index in [1.165, 1.54) is 12.1 Å². The fraction of sp³-hybridized carbons (Fsp3) is 0.294. The van der Waals surface area contributed by atoms with Gasteiger partial charge in [0.1, 0.15) is 0 Å². The van der Waals surface area contributed by atoms with Crippen LogP contribution in [0.25, 0.3) is 0 Å². The highest BCUT2D eigenvalue weighted by Gasteiger charge is 2.20. The van der Waals surface area contributed by atoms with Crippen LogP contribution in [0.4, 0.5) is 4.39 Å². The standard InChI is InChI=1S/C17H19ClFNO2/c1-2-22-17-13(18)9-12(10-14(17)19)16(20)15(21)8-11-6-4-3-5-7-11/h3-7,9-10,15-16,21H,2,8,20H2,1H3/t15-,16+/m1/s1. The largest absolute Gasteiger partial charge is 0.489 e. The third-order valence-corrected chi connectivity index (χ3v) is 3.68. The molecule has 0 aliphatic heterocycles. The molecule has 3 nitrogen and oxygen atoms in total. The molecule has 0 aliphatic carbocycles. The molecule has 0 unspecified atom stereocenters. The fourth-order valence-corrected chi connectivity index (χ4v) is 2.53. The first kappa shape index (κ1) is 16.7. The number of nitrogens with two attached hydrogens (primary N) is 1. The highest BCUT2D eigenvalue weighted by molar-refractivity contribution is 6.32. The van der Waals surface area contributed by atoms with Gasteiger partial charge in [-0.1, -0.05) is 41.9 Å². The molecule has 0 saturated heterocycles. The van der Waals surface area contributed by atoms with Crippen molar-refractivity contribution in [2.45, 2.75) is 25.5 Å². The Morgan fingerprint density at radius 2 is 1.95 bits per heavy atom. The van der Waals surface area contributed by atoms with Crippen molar-refractivity contribution in [1.29, 1.82) is 0 Å². The Morgan fingerprint density at radius 1 is 1.27 bits per heavy atom. The minimum absolute atomic E-state index is 0.0117. The minimum Gasteiger partial charge on any atom is -0.489 e. The lowest BCUT2D eigenvalue weighted by molar-refractivity contribution is 0.145. The maximum absolute atomic E-state index is 14.0. The number of hydrogen-bond acceptors (Lipinski definition) is 3. The van der Waals surface area contributed by atoms with Crippen LogP contribution in [0, 0.1) is 5.82 Å². The smallest absolute Gasteiger partial charge is 0.173 e. The molecule has 22 heavy (non-hydrogen) atoms. The number of aliphatic hydroxyl groups excluding tert-OH is 1. The molecule has 5 heteroatoms. The molecule has 0 spiro atoms. The number of ether oxygens (including phenoxy) is 1. The van der Waals surface area contributed by atoms with E-state index in [0.29, 0.717) is 18.6 Å². The molecule has 0 bridgehead atoms. The molecule has 0 saturated carbocycles. The van der Waals surface area contributed by atoms with Crippen LogP contribution in [0.1, 0.15) is 24.1 Å². The van der Waals surface area contributed by atoms with Crippen molar-refractivity contribution in [3.63, 3.8) is 0 Å². The van der Waals surface area contributed by atoms with Crippen molar-refractivity contribution in [2.24, 2.45) is 5.73 Å². The third-order valence-electron chi connectivity index (χ3n) is 3.40. The van der Waals surface area contributed by atoms with Crippen LogP contribution in [-0.4, -0.2) is 17.8 Å². The lowest BCUT2D eigenvalue weighted by atomic mass is 9.96. The van der Waals surface area contributed by atoms with E-state index in [1.54, 1.807) is 6.92 Å². The average molecular weight is 324 g/mol. The molecule has 2 aromatic rings. The second-order valence-corrected chi connectivity index (χ2v) is 5.44. The summed E-state index contributed by atoms with van der Waals surface area (Å²) in [7, 11) is 0. The van der Waals surface area contributed by atoms with Gasteiger partial charge >= 0.3 is 0 Å². The summed E-state index contributed by atoms with van der Waals surface area (Å²) in [5.74, 6) is -0.565. The van der Waals surface area contributed by atoms with E-state index in [2.05, 4.69) is 0 Å². The normalized spacial score (nSPS) is 13.7.